The Morgan fingerprint density at radius 2 is 1.88 bits per heavy atom. The number of anilines is 1. The highest BCUT2D eigenvalue weighted by Crippen LogP contribution is 2.23. The second kappa shape index (κ2) is 7.32. The zero-order valence-electron chi connectivity index (χ0n) is 13.6. The number of nitrogens with one attached hydrogen (secondary N) is 1. The fourth-order valence-electron chi connectivity index (χ4n) is 2.43. The quantitative estimate of drug-likeness (QED) is 0.730. The van der Waals surface area contributed by atoms with Gasteiger partial charge in [0.05, 0.1) is 0 Å². The van der Waals surface area contributed by atoms with Crippen molar-refractivity contribution in [1.29, 1.82) is 0 Å². The van der Waals surface area contributed by atoms with Gasteiger partial charge in [0.15, 0.2) is 5.82 Å². The van der Waals surface area contributed by atoms with Crippen LogP contribution in [0.5, 0.6) is 5.88 Å². The molecule has 0 spiro atoms. The summed E-state index contributed by atoms with van der Waals surface area (Å²) in [5.74, 6) is 1.16. The predicted molar refractivity (Wildman–Crippen MR) is 97.5 cm³/mol. The van der Waals surface area contributed by atoms with E-state index in [-0.39, 0.29) is 0 Å². The average molecular weight is 340 g/mol. The molecule has 0 radical (unpaired) electrons. The summed E-state index contributed by atoms with van der Waals surface area (Å²) in [6.07, 6.45) is 1.70. The maximum Gasteiger partial charge on any atom is 0.217 e. The number of hydrogen-bond acceptors (Lipinski definition) is 4. The first-order valence-corrected chi connectivity index (χ1v) is 8.03. The standard InChI is InChI=1S/C19H18ClN3O/c1-13-4-3-5-17(21-2)16(13)12-24-18-10-11-22-19(23-18)14-6-8-15(20)9-7-14/h3-11,21H,12H2,1-2H3. The van der Waals surface area contributed by atoms with Gasteiger partial charge in [-0.1, -0.05) is 23.7 Å². The largest absolute Gasteiger partial charge is 0.473 e. The Hall–Kier alpha value is -2.59. The van der Waals surface area contributed by atoms with Crippen molar-refractivity contribution in [2.75, 3.05) is 12.4 Å². The third kappa shape index (κ3) is 3.66. The van der Waals surface area contributed by atoms with Crippen LogP contribution in [-0.2, 0) is 6.61 Å². The Kier molecular flexibility index (Phi) is 4.96. The molecule has 24 heavy (non-hydrogen) atoms. The SMILES string of the molecule is CNc1cccc(C)c1COc1ccnc(-c2ccc(Cl)cc2)n1. The number of rotatable bonds is 5. The predicted octanol–water partition coefficient (Wildman–Crippen LogP) is 4.73. The normalized spacial score (nSPS) is 10.5. The van der Waals surface area contributed by atoms with Crippen LogP contribution in [-0.4, -0.2) is 17.0 Å². The lowest BCUT2D eigenvalue weighted by Crippen LogP contribution is -2.04. The molecule has 0 aliphatic heterocycles. The van der Waals surface area contributed by atoms with E-state index in [2.05, 4.69) is 28.3 Å². The number of ether oxygens (including phenoxy) is 1. The summed E-state index contributed by atoms with van der Waals surface area (Å²) in [6, 6.07) is 15.3. The van der Waals surface area contributed by atoms with Gasteiger partial charge in [0.25, 0.3) is 0 Å². The molecule has 3 aromatic rings. The second-order valence-corrected chi connectivity index (χ2v) is 5.80. The minimum atomic E-state index is 0.444. The molecule has 5 heteroatoms. The molecule has 0 fully saturated rings. The molecule has 122 valence electrons. The second-order valence-electron chi connectivity index (χ2n) is 5.37. The van der Waals surface area contributed by atoms with Gasteiger partial charge in [-0.3, -0.25) is 0 Å². The minimum Gasteiger partial charge on any atom is -0.473 e. The zero-order chi connectivity index (χ0) is 16.9. The van der Waals surface area contributed by atoms with Gasteiger partial charge in [-0.15, -0.1) is 0 Å². The maximum absolute atomic E-state index is 5.92. The summed E-state index contributed by atoms with van der Waals surface area (Å²) in [5, 5.41) is 3.88. The van der Waals surface area contributed by atoms with Crippen molar-refractivity contribution >= 4 is 17.3 Å². The van der Waals surface area contributed by atoms with Crippen LogP contribution in [0.15, 0.2) is 54.7 Å². The van der Waals surface area contributed by atoms with Crippen LogP contribution < -0.4 is 10.1 Å². The van der Waals surface area contributed by atoms with E-state index < -0.39 is 0 Å². The first kappa shape index (κ1) is 16.3. The Morgan fingerprint density at radius 3 is 2.62 bits per heavy atom. The number of hydrogen-bond donors (Lipinski definition) is 1. The Balaban J connectivity index is 1.80. The molecule has 1 N–H and O–H groups in total. The molecule has 0 unspecified atom stereocenters. The molecule has 0 saturated heterocycles. The van der Waals surface area contributed by atoms with Gasteiger partial charge in [0, 0.05) is 41.1 Å². The smallest absolute Gasteiger partial charge is 0.217 e. The summed E-state index contributed by atoms with van der Waals surface area (Å²) in [7, 11) is 1.90. The van der Waals surface area contributed by atoms with Gasteiger partial charge < -0.3 is 10.1 Å². The molecule has 0 amide bonds. The highest BCUT2D eigenvalue weighted by atomic mass is 35.5. The van der Waals surface area contributed by atoms with E-state index in [1.54, 1.807) is 12.3 Å². The fourth-order valence-corrected chi connectivity index (χ4v) is 2.56. The number of aryl methyl sites for hydroxylation is 1. The molecule has 0 atom stereocenters. The first-order chi connectivity index (χ1) is 11.7. The number of aromatic nitrogens is 2. The third-order valence-electron chi connectivity index (χ3n) is 3.78. The van der Waals surface area contributed by atoms with E-state index in [1.807, 2.05) is 43.4 Å². The summed E-state index contributed by atoms with van der Waals surface area (Å²) in [4.78, 5) is 8.78. The van der Waals surface area contributed by atoms with E-state index in [0.29, 0.717) is 23.3 Å². The minimum absolute atomic E-state index is 0.444. The lowest BCUT2D eigenvalue weighted by atomic mass is 10.1. The van der Waals surface area contributed by atoms with E-state index in [1.165, 1.54) is 5.56 Å². The highest BCUT2D eigenvalue weighted by Gasteiger charge is 2.08. The molecular formula is C19H18ClN3O. The first-order valence-electron chi connectivity index (χ1n) is 7.65. The van der Waals surface area contributed by atoms with E-state index in [0.717, 1.165) is 16.8 Å². The van der Waals surface area contributed by atoms with Crippen LogP contribution in [0.2, 0.25) is 5.02 Å². The lowest BCUT2D eigenvalue weighted by molar-refractivity contribution is 0.293. The number of nitrogens with zero attached hydrogens (tertiary/aromatic N) is 2. The van der Waals surface area contributed by atoms with Gasteiger partial charge in [-0.05, 0) is 42.8 Å². The van der Waals surface area contributed by atoms with Gasteiger partial charge in [0.1, 0.15) is 6.61 Å². The summed E-state index contributed by atoms with van der Waals surface area (Å²) >= 11 is 5.92. The highest BCUT2D eigenvalue weighted by molar-refractivity contribution is 6.30. The van der Waals surface area contributed by atoms with Crippen molar-refractivity contribution < 1.29 is 4.74 Å². The van der Waals surface area contributed by atoms with Crippen molar-refractivity contribution in [2.45, 2.75) is 13.5 Å². The van der Waals surface area contributed by atoms with Crippen molar-refractivity contribution in [3.8, 4) is 17.3 Å². The third-order valence-corrected chi connectivity index (χ3v) is 4.03. The van der Waals surface area contributed by atoms with Crippen LogP contribution in [0.4, 0.5) is 5.69 Å². The molecular weight excluding hydrogens is 322 g/mol. The fraction of sp³-hybridized carbons (Fsp3) is 0.158. The van der Waals surface area contributed by atoms with Crippen LogP contribution >= 0.6 is 11.6 Å². The Bertz CT molecular complexity index is 834. The lowest BCUT2D eigenvalue weighted by Gasteiger charge is -2.13. The number of benzene rings is 2. The molecule has 3 rings (SSSR count). The van der Waals surface area contributed by atoms with Crippen molar-refractivity contribution in [3.63, 3.8) is 0 Å². The topological polar surface area (TPSA) is 47.0 Å². The Labute approximate surface area is 146 Å². The van der Waals surface area contributed by atoms with Crippen LogP contribution in [0.3, 0.4) is 0 Å². The van der Waals surface area contributed by atoms with Crippen LogP contribution in [0, 0.1) is 6.92 Å². The van der Waals surface area contributed by atoms with Gasteiger partial charge in [-0.2, -0.15) is 4.98 Å². The Morgan fingerprint density at radius 1 is 1.08 bits per heavy atom. The molecule has 1 heterocycles. The molecule has 4 nitrogen and oxygen atoms in total. The van der Waals surface area contributed by atoms with Crippen LogP contribution in [0.1, 0.15) is 11.1 Å². The van der Waals surface area contributed by atoms with Gasteiger partial charge >= 0.3 is 0 Å². The van der Waals surface area contributed by atoms with Crippen molar-refractivity contribution in [3.05, 3.63) is 70.9 Å². The van der Waals surface area contributed by atoms with E-state index in [9.17, 15) is 0 Å². The summed E-state index contributed by atoms with van der Waals surface area (Å²) in [6.45, 7) is 2.51. The molecule has 0 saturated carbocycles. The zero-order valence-corrected chi connectivity index (χ0v) is 14.3. The van der Waals surface area contributed by atoms with Crippen molar-refractivity contribution in [2.24, 2.45) is 0 Å². The molecule has 0 aliphatic carbocycles. The average Bonchev–Trinajstić information content (AvgIpc) is 2.61. The van der Waals surface area contributed by atoms with Gasteiger partial charge in [0.2, 0.25) is 5.88 Å². The summed E-state index contributed by atoms with van der Waals surface area (Å²) < 4.78 is 5.88. The summed E-state index contributed by atoms with van der Waals surface area (Å²) in [5.41, 5.74) is 4.25. The van der Waals surface area contributed by atoms with Crippen LogP contribution in [0.25, 0.3) is 11.4 Å². The monoisotopic (exact) mass is 339 g/mol. The molecule has 2 aromatic carbocycles. The van der Waals surface area contributed by atoms with E-state index >= 15 is 0 Å². The maximum atomic E-state index is 5.92. The van der Waals surface area contributed by atoms with Gasteiger partial charge in [-0.25, -0.2) is 4.98 Å². The molecule has 1 aromatic heterocycles. The van der Waals surface area contributed by atoms with Crippen molar-refractivity contribution in [1.82, 2.24) is 9.97 Å². The van der Waals surface area contributed by atoms with E-state index in [4.69, 9.17) is 16.3 Å². The molecule has 0 aliphatic rings. The molecule has 0 bridgehead atoms. The number of halogens is 1.